The molecule has 72 valence electrons. The molecule has 0 saturated carbocycles. The molecule has 1 aliphatic rings. The number of oxime groups is 1. The van der Waals surface area contributed by atoms with Crippen molar-refractivity contribution in [3.8, 4) is 0 Å². The molecule has 1 rings (SSSR count). The van der Waals surface area contributed by atoms with E-state index in [1.807, 2.05) is 6.92 Å². The lowest BCUT2D eigenvalue weighted by atomic mass is 10.2. The fraction of sp³-hybridized carbons (Fsp3) is 0.571. The number of hydrogen-bond donors (Lipinski definition) is 1. The van der Waals surface area contributed by atoms with Crippen molar-refractivity contribution in [2.24, 2.45) is 10.1 Å². The molecule has 1 N–H and O–H groups in total. The molecule has 2 unspecified atom stereocenters. The van der Waals surface area contributed by atoms with E-state index in [4.69, 9.17) is 5.21 Å². The van der Waals surface area contributed by atoms with Crippen LogP contribution in [0.15, 0.2) is 10.1 Å². The minimum atomic E-state index is -0.321. The molecule has 0 aromatic carbocycles. The fourth-order valence-electron chi connectivity index (χ4n) is 1.00. The van der Waals surface area contributed by atoms with Gasteiger partial charge in [0, 0.05) is 0 Å². The van der Waals surface area contributed by atoms with Gasteiger partial charge >= 0.3 is 5.97 Å². The molecule has 0 amide bonds. The van der Waals surface area contributed by atoms with Crippen LogP contribution in [0.3, 0.4) is 0 Å². The molecule has 1 aliphatic heterocycles. The number of rotatable bonds is 2. The minimum Gasteiger partial charge on any atom is -0.468 e. The average Bonchev–Trinajstić information content (AvgIpc) is 2.46. The number of carbonyl (C=O) groups is 1. The lowest BCUT2D eigenvalue weighted by molar-refractivity contribution is -0.140. The molecular weight excluding hydrogens is 192 g/mol. The summed E-state index contributed by atoms with van der Waals surface area (Å²) in [6.07, 6.45) is 1.21. The summed E-state index contributed by atoms with van der Waals surface area (Å²) in [5.41, 5.74) is 0. The summed E-state index contributed by atoms with van der Waals surface area (Å²) in [4.78, 5) is 15.2. The number of hydrogen-bond acceptors (Lipinski definition) is 6. The van der Waals surface area contributed by atoms with Gasteiger partial charge in [0.1, 0.15) is 10.3 Å². The number of nitrogens with zero attached hydrogens (tertiary/aromatic N) is 2. The molecule has 0 bridgehead atoms. The Bertz CT molecular complexity index is 264. The Labute approximate surface area is 79.9 Å². The highest BCUT2D eigenvalue weighted by atomic mass is 32.2. The highest BCUT2D eigenvalue weighted by Gasteiger charge is 2.33. The van der Waals surface area contributed by atoms with E-state index < -0.39 is 0 Å². The summed E-state index contributed by atoms with van der Waals surface area (Å²) in [7, 11) is 1.34. The SMILES string of the molecule is COC(=O)C1SC(/C=N/O)=NC1C. The minimum absolute atomic E-state index is 0.134. The van der Waals surface area contributed by atoms with Crippen LogP contribution in [0.5, 0.6) is 0 Å². The standard InChI is InChI=1S/C7H10N2O3S/c1-4-6(7(10)12-2)13-5(9-4)3-8-11/h3-4,6,11H,1-2H3/b8-3+. The van der Waals surface area contributed by atoms with Crippen molar-refractivity contribution in [3.63, 3.8) is 0 Å². The second-order valence-electron chi connectivity index (χ2n) is 2.51. The van der Waals surface area contributed by atoms with Gasteiger partial charge in [0.25, 0.3) is 0 Å². The van der Waals surface area contributed by atoms with Crippen molar-refractivity contribution < 1.29 is 14.7 Å². The molecule has 0 aromatic heterocycles. The summed E-state index contributed by atoms with van der Waals surface area (Å²) in [6.45, 7) is 1.81. The zero-order chi connectivity index (χ0) is 9.84. The van der Waals surface area contributed by atoms with Crippen molar-refractivity contribution in [2.45, 2.75) is 18.2 Å². The van der Waals surface area contributed by atoms with Gasteiger partial charge in [-0.1, -0.05) is 16.9 Å². The zero-order valence-electron chi connectivity index (χ0n) is 7.30. The number of esters is 1. The van der Waals surface area contributed by atoms with Crippen molar-refractivity contribution in [1.29, 1.82) is 0 Å². The lowest BCUT2D eigenvalue weighted by Gasteiger charge is -2.08. The molecule has 0 aliphatic carbocycles. The Morgan fingerprint density at radius 3 is 3.08 bits per heavy atom. The van der Waals surface area contributed by atoms with Gasteiger partial charge in [-0.3, -0.25) is 9.79 Å². The molecule has 5 nitrogen and oxygen atoms in total. The van der Waals surface area contributed by atoms with Crippen LogP contribution in [0.25, 0.3) is 0 Å². The molecular formula is C7H10N2O3S. The average molecular weight is 202 g/mol. The third-order valence-corrected chi connectivity index (χ3v) is 2.91. The molecule has 0 fully saturated rings. The molecule has 0 saturated heterocycles. The monoisotopic (exact) mass is 202 g/mol. The van der Waals surface area contributed by atoms with Gasteiger partial charge in [-0.15, -0.1) is 0 Å². The van der Waals surface area contributed by atoms with E-state index in [-0.39, 0.29) is 17.3 Å². The lowest BCUT2D eigenvalue weighted by Crippen LogP contribution is -2.25. The highest BCUT2D eigenvalue weighted by molar-refractivity contribution is 8.16. The Morgan fingerprint density at radius 1 is 1.85 bits per heavy atom. The predicted molar refractivity (Wildman–Crippen MR) is 50.6 cm³/mol. The van der Waals surface area contributed by atoms with Crippen LogP contribution in [0.4, 0.5) is 0 Å². The fourth-order valence-corrected chi connectivity index (χ4v) is 2.05. The third kappa shape index (κ3) is 2.21. The van der Waals surface area contributed by atoms with Crippen LogP contribution in [0.1, 0.15) is 6.92 Å². The van der Waals surface area contributed by atoms with E-state index >= 15 is 0 Å². The Balaban J connectivity index is 2.64. The smallest absolute Gasteiger partial charge is 0.321 e. The van der Waals surface area contributed by atoms with Gasteiger partial charge in [0.2, 0.25) is 0 Å². The van der Waals surface area contributed by atoms with Crippen LogP contribution >= 0.6 is 11.8 Å². The van der Waals surface area contributed by atoms with Gasteiger partial charge < -0.3 is 9.94 Å². The largest absolute Gasteiger partial charge is 0.468 e. The Morgan fingerprint density at radius 2 is 2.54 bits per heavy atom. The first-order valence-corrected chi connectivity index (χ1v) is 4.56. The molecule has 13 heavy (non-hydrogen) atoms. The molecule has 6 heteroatoms. The zero-order valence-corrected chi connectivity index (χ0v) is 8.11. The van der Waals surface area contributed by atoms with Crippen LogP contribution in [-0.2, 0) is 9.53 Å². The number of ether oxygens (including phenoxy) is 1. The van der Waals surface area contributed by atoms with Crippen LogP contribution < -0.4 is 0 Å². The van der Waals surface area contributed by atoms with Gasteiger partial charge in [0.05, 0.1) is 19.4 Å². The molecule has 0 spiro atoms. The first kappa shape index (κ1) is 10.0. The van der Waals surface area contributed by atoms with Gasteiger partial charge in [-0.05, 0) is 6.92 Å². The van der Waals surface area contributed by atoms with Crippen molar-refractivity contribution in [1.82, 2.24) is 0 Å². The van der Waals surface area contributed by atoms with E-state index in [1.165, 1.54) is 25.1 Å². The van der Waals surface area contributed by atoms with E-state index in [9.17, 15) is 4.79 Å². The summed E-state index contributed by atoms with van der Waals surface area (Å²) >= 11 is 1.24. The summed E-state index contributed by atoms with van der Waals surface area (Å²) in [5, 5.41) is 11.3. The van der Waals surface area contributed by atoms with E-state index in [0.717, 1.165) is 0 Å². The summed E-state index contributed by atoms with van der Waals surface area (Å²) in [6, 6.07) is -0.134. The molecule has 1 heterocycles. The van der Waals surface area contributed by atoms with E-state index in [2.05, 4.69) is 14.9 Å². The maximum Gasteiger partial charge on any atom is 0.321 e. The maximum atomic E-state index is 11.2. The second kappa shape index (κ2) is 4.27. The molecule has 2 atom stereocenters. The topological polar surface area (TPSA) is 71.2 Å². The summed E-state index contributed by atoms with van der Waals surface area (Å²) < 4.78 is 4.59. The van der Waals surface area contributed by atoms with Gasteiger partial charge in [0.15, 0.2) is 0 Å². The van der Waals surface area contributed by atoms with Gasteiger partial charge in [-0.2, -0.15) is 0 Å². The highest BCUT2D eigenvalue weighted by Crippen LogP contribution is 2.26. The third-order valence-electron chi connectivity index (χ3n) is 1.62. The van der Waals surface area contributed by atoms with Crippen molar-refractivity contribution >= 4 is 29.0 Å². The number of methoxy groups -OCH3 is 1. The maximum absolute atomic E-state index is 11.2. The van der Waals surface area contributed by atoms with Crippen molar-refractivity contribution in [3.05, 3.63) is 0 Å². The molecule has 0 radical (unpaired) electrons. The predicted octanol–water partition coefficient (Wildman–Crippen LogP) is 0.522. The van der Waals surface area contributed by atoms with Crippen LogP contribution in [-0.4, -0.2) is 40.8 Å². The molecule has 0 aromatic rings. The normalized spacial score (nSPS) is 27.7. The number of carbonyl (C=O) groups excluding carboxylic acids is 1. The van der Waals surface area contributed by atoms with Crippen molar-refractivity contribution in [2.75, 3.05) is 7.11 Å². The quantitative estimate of drug-likeness (QED) is 0.307. The van der Waals surface area contributed by atoms with E-state index in [1.54, 1.807) is 0 Å². The van der Waals surface area contributed by atoms with Gasteiger partial charge in [-0.25, -0.2) is 0 Å². The first-order valence-electron chi connectivity index (χ1n) is 3.68. The number of aliphatic imine (C=N–C) groups is 1. The van der Waals surface area contributed by atoms with E-state index in [0.29, 0.717) is 5.04 Å². The van der Waals surface area contributed by atoms with Crippen LogP contribution in [0.2, 0.25) is 0 Å². The summed E-state index contributed by atoms with van der Waals surface area (Å²) in [5.74, 6) is -0.303. The van der Waals surface area contributed by atoms with Crippen LogP contribution in [0, 0.1) is 0 Å². The Hall–Kier alpha value is -1.04. The first-order chi connectivity index (χ1) is 6.19. The number of thioether (sulfide) groups is 1. The second-order valence-corrected chi connectivity index (χ2v) is 3.68. The Kier molecular flexibility index (Phi) is 3.30.